The number of hydrogen-bond donors (Lipinski definition) is 0. The summed E-state index contributed by atoms with van der Waals surface area (Å²) in [4.78, 5) is 11.8. The molecule has 1 aromatic rings. The number of rotatable bonds is 3. The average molecular weight is 268 g/mol. The number of hydrogen-bond acceptors (Lipinski definition) is 4. The Bertz CT molecular complexity index is 437. The molecule has 5 nitrogen and oxygen atoms in total. The maximum Gasteiger partial charge on any atom is 0.431 e. The Kier molecular flexibility index (Phi) is 4.42. The van der Waals surface area contributed by atoms with Gasteiger partial charge in [0.1, 0.15) is 6.54 Å². The van der Waals surface area contributed by atoms with Gasteiger partial charge in [-0.1, -0.05) is 27.4 Å². The summed E-state index contributed by atoms with van der Waals surface area (Å²) in [7, 11) is -1.41. The van der Waals surface area contributed by atoms with E-state index in [1.54, 1.807) is 35.6 Å². The summed E-state index contributed by atoms with van der Waals surface area (Å²) in [5.74, 6) is -0.422. The Morgan fingerprint density at radius 1 is 1.44 bits per heavy atom. The largest absolute Gasteiger partial charge is 0.431 e. The van der Waals surface area contributed by atoms with E-state index in [1.807, 2.05) is 6.07 Å². The minimum absolute atomic E-state index is 0.351. The molecule has 6 heteroatoms. The van der Waals surface area contributed by atoms with Crippen molar-refractivity contribution in [3.05, 3.63) is 35.9 Å². The van der Waals surface area contributed by atoms with Crippen LogP contribution < -0.4 is 0 Å². The van der Waals surface area contributed by atoms with Gasteiger partial charge in [-0.3, -0.25) is 0 Å². The second-order valence-corrected chi connectivity index (χ2v) is 5.44. The van der Waals surface area contributed by atoms with Gasteiger partial charge in [-0.25, -0.2) is 4.79 Å². The van der Waals surface area contributed by atoms with Gasteiger partial charge in [-0.15, -0.1) is 0 Å². The fourth-order valence-corrected chi connectivity index (χ4v) is 2.42. The Morgan fingerprint density at radius 2 is 2.17 bits per heavy atom. The van der Waals surface area contributed by atoms with E-state index < -0.39 is 20.2 Å². The molecule has 1 heterocycles. The highest BCUT2D eigenvalue weighted by Gasteiger charge is 2.32. The highest BCUT2D eigenvalue weighted by Crippen LogP contribution is 2.25. The molecule has 1 saturated heterocycles. The van der Waals surface area contributed by atoms with Crippen LogP contribution in [0.25, 0.3) is 0 Å². The number of carbonyl (C=O) groups is 1. The molecular formula is C12H15NO4P+. The number of nitrogens with zero attached hydrogens (tertiary/aromatic N) is 1. The molecule has 0 aromatic heterocycles. The van der Waals surface area contributed by atoms with Crippen LogP contribution in [0.2, 0.25) is 0 Å². The molecule has 1 aliphatic heterocycles. The Balaban J connectivity index is 1.93. The third-order valence-corrected chi connectivity index (χ3v) is 3.82. The molecule has 0 radical (unpaired) electrons. The average Bonchev–Trinajstić information content (AvgIpc) is 2.40. The summed E-state index contributed by atoms with van der Waals surface area (Å²) < 4.78 is 23.7. The Morgan fingerprint density at radius 3 is 2.83 bits per heavy atom. The van der Waals surface area contributed by atoms with Crippen LogP contribution in [0.3, 0.4) is 0 Å². The summed E-state index contributed by atoms with van der Waals surface area (Å²) in [5.41, 5.74) is 0.485. The molecule has 1 aromatic carbocycles. The van der Waals surface area contributed by atoms with Crippen molar-refractivity contribution >= 4 is 13.9 Å². The van der Waals surface area contributed by atoms with E-state index >= 15 is 0 Å². The molecule has 0 aliphatic carbocycles. The summed E-state index contributed by atoms with van der Waals surface area (Å²) in [6, 6.07) is 8.74. The van der Waals surface area contributed by atoms with Crippen LogP contribution in [-0.2, 0) is 14.0 Å². The van der Waals surface area contributed by atoms with Crippen LogP contribution in [0.5, 0.6) is 0 Å². The summed E-state index contributed by atoms with van der Waals surface area (Å²) >= 11 is 0. The van der Waals surface area contributed by atoms with Crippen LogP contribution in [0, 0.1) is 0 Å². The first-order valence-corrected chi connectivity index (χ1v) is 7.36. The minimum atomic E-state index is -1.41. The van der Waals surface area contributed by atoms with Crippen LogP contribution in [0.4, 0.5) is 0 Å². The zero-order chi connectivity index (χ0) is 13.0. The zero-order valence-electron chi connectivity index (χ0n) is 10.1. The zero-order valence-corrected chi connectivity index (χ0v) is 11.0. The lowest BCUT2D eigenvalue weighted by Crippen LogP contribution is -2.40. The van der Waals surface area contributed by atoms with Crippen molar-refractivity contribution in [2.45, 2.75) is 6.29 Å². The van der Waals surface area contributed by atoms with E-state index in [0.717, 1.165) is 0 Å². The number of carbonyl (C=O) groups excluding carboxylic acids is 1. The molecule has 0 bridgehead atoms. The van der Waals surface area contributed by atoms with Crippen LogP contribution in [0.15, 0.2) is 30.3 Å². The van der Waals surface area contributed by atoms with Gasteiger partial charge in [-0.05, 0) is 12.1 Å². The molecule has 0 N–H and O–H groups in total. The van der Waals surface area contributed by atoms with E-state index in [1.165, 1.54) is 0 Å². The SMILES string of the molecule is C[P+](=O)N1CCOC(OC(=O)c2ccccc2)C1. The molecule has 0 spiro atoms. The number of benzene rings is 1. The number of esters is 1. The maximum atomic E-state index is 11.8. The number of morpholine rings is 1. The van der Waals surface area contributed by atoms with Crippen molar-refractivity contribution in [3.8, 4) is 0 Å². The molecule has 0 amide bonds. The van der Waals surface area contributed by atoms with Gasteiger partial charge in [-0.2, -0.15) is 0 Å². The predicted molar refractivity (Wildman–Crippen MR) is 66.7 cm³/mol. The molecule has 1 fully saturated rings. The lowest BCUT2D eigenvalue weighted by atomic mass is 10.2. The molecule has 2 atom stereocenters. The maximum absolute atomic E-state index is 11.8. The summed E-state index contributed by atoms with van der Waals surface area (Å²) in [5, 5.41) is 0. The topological polar surface area (TPSA) is 55.8 Å². The van der Waals surface area contributed by atoms with Crippen molar-refractivity contribution in [2.75, 3.05) is 26.4 Å². The lowest BCUT2D eigenvalue weighted by Gasteiger charge is -2.25. The van der Waals surface area contributed by atoms with Crippen molar-refractivity contribution in [2.24, 2.45) is 0 Å². The molecular weight excluding hydrogens is 253 g/mol. The van der Waals surface area contributed by atoms with E-state index in [-0.39, 0.29) is 0 Å². The molecule has 96 valence electrons. The molecule has 2 rings (SSSR count). The van der Waals surface area contributed by atoms with Gasteiger partial charge < -0.3 is 9.47 Å². The van der Waals surface area contributed by atoms with E-state index in [0.29, 0.717) is 25.3 Å². The fraction of sp³-hybridized carbons (Fsp3) is 0.417. The summed E-state index contributed by atoms with van der Waals surface area (Å²) in [6.45, 7) is 3.01. The van der Waals surface area contributed by atoms with E-state index in [2.05, 4.69) is 0 Å². The van der Waals surface area contributed by atoms with Crippen molar-refractivity contribution in [3.63, 3.8) is 0 Å². The normalized spacial score (nSPS) is 21.4. The molecule has 2 unspecified atom stereocenters. The monoisotopic (exact) mass is 268 g/mol. The summed E-state index contributed by atoms with van der Waals surface area (Å²) in [6.07, 6.45) is -0.648. The van der Waals surface area contributed by atoms with Crippen LogP contribution >= 0.6 is 7.95 Å². The van der Waals surface area contributed by atoms with E-state index in [9.17, 15) is 9.36 Å². The molecule has 18 heavy (non-hydrogen) atoms. The van der Waals surface area contributed by atoms with Gasteiger partial charge >= 0.3 is 13.9 Å². The van der Waals surface area contributed by atoms with Crippen molar-refractivity contribution in [1.29, 1.82) is 0 Å². The predicted octanol–water partition coefficient (Wildman–Crippen LogP) is 1.87. The first-order valence-electron chi connectivity index (χ1n) is 5.70. The number of ether oxygens (including phenoxy) is 2. The van der Waals surface area contributed by atoms with Gasteiger partial charge in [0, 0.05) is 0 Å². The van der Waals surface area contributed by atoms with Gasteiger partial charge in [0.2, 0.25) is 6.29 Å². The first kappa shape index (κ1) is 13.1. The second kappa shape index (κ2) is 6.05. The minimum Gasteiger partial charge on any atom is -0.431 e. The third kappa shape index (κ3) is 3.35. The smallest absolute Gasteiger partial charge is 0.431 e. The van der Waals surface area contributed by atoms with Crippen LogP contribution in [0.1, 0.15) is 10.4 Å². The standard InChI is InChI=1S/C12H15NO4P/c1-18(15)13-7-8-16-11(9-13)17-12(14)10-5-3-2-4-6-10/h2-6,11H,7-9H2,1H3/q+1. The molecule has 0 saturated carbocycles. The lowest BCUT2D eigenvalue weighted by molar-refractivity contribution is -0.137. The Hall–Kier alpha value is -1.29. The van der Waals surface area contributed by atoms with Gasteiger partial charge in [0.25, 0.3) is 0 Å². The van der Waals surface area contributed by atoms with E-state index in [4.69, 9.17) is 9.47 Å². The third-order valence-electron chi connectivity index (χ3n) is 2.66. The van der Waals surface area contributed by atoms with Crippen molar-refractivity contribution < 1.29 is 18.8 Å². The van der Waals surface area contributed by atoms with Gasteiger partial charge in [0.15, 0.2) is 6.66 Å². The highest BCUT2D eigenvalue weighted by atomic mass is 31.1. The Labute approximate surface area is 107 Å². The van der Waals surface area contributed by atoms with Crippen molar-refractivity contribution in [1.82, 2.24) is 4.67 Å². The van der Waals surface area contributed by atoms with Gasteiger partial charge in [0.05, 0.1) is 18.7 Å². The fourth-order valence-electron chi connectivity index (χ4n) is 1.69. The molecule has 1 aliphatic rings. The first-order chi connectivity index (χ1) is 8.66. The highest BCUT2D eigenvalue weighted by molar-refractivity contribution is 7.41. The second-order valence-electron chi connectivity index (χ2n) is 3.95. The quantitative estimate of drug-likeness (QED) is 0.618. The van der Waals surface area contributed by atoms with Crippen LogP contribution in [-0.4, -0.2) is 43.3 Å².